The van der Waals surface area contributed by atoms with Crippen LogP contribution in [-0.4, -0.2) is 21.8 Å². The Kier molecular flexibility index (Phi) is 2.00. The maximum atomic E-state index is 10.4. The molecule has 1 aliphatic rings. The molecule has 3 nitrogen and oxygen atoms in total. The summed E-state index contributed by atoms with van der Waals surface area (Å²) in [7, 11) is 0. The molecular formula is C8H12O3. The summed E-state index contributed by atoms with van der Waals surface area (Å²) in [6.07, 6.45) is 3.08. The summed E-state index contributed by atoms with van der Waals surface area (Å²) in [5, 5.41) is 18.0. The summed E-state index contributed by atoms with van der Waals surface area (Å²) in [5.74, 6) is -0.861. The van der Waals surface area contributed by atoms with Gasteiger partial charge in [0.25, 0.3) is 0 Å². The number of rotatable bonds is 1. The van der Waals surface area contributed by atoms with E-state index in [4.69, 9.17) is 5.11 Å². The minimum atomic E-state index is -0.861. The van der Waals surface area contributed by atoms with Crippen molar-refractivity contribution in [2.24, 2.45) is 0 Å². The number of aliphatic hydroxyl groups is 1. The van der Waals surface area contributed by atoms with Gasteiger partial charge in [0.05, 0.1) is 5.60 Å². The van der Waals surface area contributed by atoms with Crippen LogP contribution in [0.3, 0.4) is 0 Å². The standard InChI is InChI=1S/C8H12O3/c1-8(11)4-2-6(3-5-8)7(9)10/h2,11H,3-5H2,1H3,(H,9,10). The molecular weight excluding hydrogens is 144 g/mol. The third-order valence-electron chi connectivity index (χ3n) is 2.00. The van der Waals surface area contributed by atoms with E-state index in [1.807, 2.05) is 0 Å². The molecule has 0 aromatic heterocycles. The summed E-state index contributed by atoms with van der Waals surface area (Å²) in [6.45, 7) is 1.72. The molecule has 1 aliphatic carbocycles. The molecule has 1 unspecified atom stereocenters. The van der Waals surface area contributed by atoms with Gasteiger partial charge in [-0.1, -0.05) is 6.08 Å². The lowest BCUT2D eigenvalue weighted by molar-refractivity contribution is -0.133. The first-order valence-electron chi connectivity index (χ1n) is 3.66. The number of carbonyl (C=O) groups is 1. The Hall–Kier alpha value is -0.830. The van der Waals surface area contributed by atoms with E-state index in [1.54, 1.807) is 13.0 Å². The fourth-order valence-electron chi connectivity index (χ4n) is 1.15. The van der Waals surface area contributed by atoms with Gasteiger partial charge in [0.15, 0.2) is 0 Å². The van der Waals surface area contributed by atoms with Gasteiger partial charge < -0.3 is 10.2 Å². The number of hydrogen-bond donors (Lipinski definition) is 2. The molecule has 0 amide bonds. The number of carboxylic acids is 1. The fraction of sp³-hybridized carbons (Fsp3) is 0.625. The van der Waals surface area contributed by atoms with Crippen LogP contribution in [0.2, 0.25) is 0 Å². The first-order valence-corrected chi connectivity index (χ1v) is 3.66. The summed E-state index contributed by atoms with van der Waals surface area (Å²) in [6, 6.07) is 0. The van der Waals surface area contributed by atoms with Gasteiger partial charge in [-0.15, -0.1) is 0 Å². The maximum Gasteiger partial charge on any atom is 0.331 e. The molecule has 0 aliphatic heterocycles. The van der Waals surface area contributed by atoms with E-state index in [2.05, 4.69) is 0 Å². The average Bonchev–Trinajstić information content (AvgIpc) is 1.86. The summed E-state index contributed by atoms with van der Waals surface area (Å²) >= 11 is 0. The molecule has 1 atom stereocenters. The Morgan fingerprint density at radius 1 is 1.73 bits per heavy atom. The van der Waals surface area contributed by atoms with Crippen LogP contribution in [0.15, 0.2) is 11.6 Å². The van der Waals surface area contributed by atoms with Crippen LogP contribution in [0.25, 0.3) is 0 Å². The Labute approximate surface area is 65.3 Å². The number of carboxylic acid groups (broad SMARTS) is 1. The molecule has 2 N–H and O–H groups in total. The second kappa shape index (κ2) is 2.66. The minimum Gasteiger partial charge on any atom is -0.478 e. The molecule has 3 heteroatoms. The van der Waals surface area contributed by atoms with Gasteiger partial charge in [0.1, 0.15) is 0 Å². The van der Waals surface area contributed by atoms with Crippen molar-refractivity contribution in [3.05, 3.63) is 11.6 Å². The Balaban J connectivity index is 2.65. The molecule has 0 aromatic rings. The quantitative estimate of drug-likeness (QED) is 0.593. The van der Waals surface area contributed by atoms with E-state index in [0.29, 0.717) is 24.8 Å². The van der Waals surface area contributed by atoms with Gasteiger partial charge in [-0.05, 0) is 26.2 Å². The third kappa shape index (κ3) is 2.05. The van der Waals surface area contributed by atoms with E-state index in [1.165, 1.54) is 0 Å². The van der Waals surface area contributed by atoms with Crippen LogP contribution >= 0.6 is 0 Å². The molecule has 11 heavy (non-hydrogen) atoms. The molecule has 0 saturated heterocycles. The van der Waals surface area contributed by atoms with Crippen molar-refractivity contribution in [1.82, 2.24) is 0 Å². The SMILES string of the molecule is CC1(O)CC=C(C(=O)O)CC1. The molecule has 0 aromatic carbocycles. The maximum absolute atomic E-state index is 10.4. The summed E-state index contributed by atoms with van der Waals surface area (Å²) < 4.78 is 0. The van der Waals surface area contributed by atoms with Gasteiger partial charge in [-0.3, -0.25) is 0 Å². The largest absolute Gasteiger partial charge is 0.478 e. The van der Waals surface area contributed by atoms with E-state index in [9.17, 15) is 9.90 Å². The van der Waals surface area contributed by atoms with E-state index in [0.717, 1.165) is 0 Å². The highest BCUT2D eigenvalue weighted by molar-refractivity contribution is 5.86. The molecule has 0 spiro atoms. The van der Waals surface area contributed by atoms with Crippen LogP contribution in [-0.2, 0) is 4.79 Å². The van der Waals surface area contributed by atoms with Crippen LogP contribution < -0.4 is 0 Å². The smallest absolute Gasteiger partial charge is 0.331 e. The zero-order valence-corrected chi connectivity index (χ0v) is 6.50. The van der Waals surface area contributed by atoms with Crippen molar-refractivity contribution in [2.75, 3.05) is 0 Å². The van der Waals surface area contributed by atoms with Crippen molar-refractivity contribution in [2.45, 2.75) is 31.8 Å². The number of aliphatic carboxylic acids is 1. The molecule has 0 heterocycles. The van der Waals surface area contributed by atoms with Crippen LogP contribution in [0.1, 0.15) is 26.2 Å². The summed E-state index contributed by atoms with van der Waals surface area (Å²) in [5.41, 5.74) is -0.268. The predicted octanol–water partition coefficient (Wildman–Crippen LogP) is 0.932. The first-order chi connectivity index (χ1) is 5.01. The first kappa shape index (κ1) is 8.27. The van der Waals surface area contributed by atoms with Gasteiger partial charge >= 0.3 is 5.97 Å². The molecule has 0 radical (unpaired) electrons. The highest BCUT2D eigenvalue weighted by atomic mass is 16.4. The lowest BCUT2D eigenvalue weighted by Crippen LogP contribution is -2.27. The average molecular weight is 156 g/mol. The van der Waals surface area contributed by atoms with Gasteiger partial charge in [-0.25, -0.2) is 4.79 Å². The lowest BCUT2D eigenvalue weighted by Gasteiger charge is -2.25. The van der Waals surface area contributed by atoms with Gasteiger partial charge in [0.2, 0.25) is 0 Å². The van der Waals surface area contributed by atoms with Crippen LogP contribution in [0, 0.1) is 0 Å². The zero-order valence-electron chi connectivity index (χ0n) is 6.50. The minimum absolute atomic E-state index is 0.427. The van der Waals surface area contributed by atoms with Crippen LogP contribution in [0.5, 0.6) is 0 Å². The highest BCUT2D eigenvalue weighted by Gasteiger charge is 2.25. The lowest BCUT2D eigenvalue weighted by atomic mass is 9.87. The highest BCUT2D eigenvalue weighted by Crippen LogP contribution is 2.26. The van der Waals surface area contributed by atoms with Crippen molar-refractivity contribution in [1.29, 1.82) is 0 Å². The van der Waals surface area contributed by atoms with Crippen molar-refractivity contribution >= 4 is 5.97 Å². The molecule has 62 valence electrons. The van der Waals surface area contributed by atoms with E-state index in [-0.39, 0.29) is 0 Å². The monoisotopic (exact) mass is 156 g/mol. The Morgan fingerprint density at radius 3 is 2.73 bits per heavy atom. The third-order valence-corrected chi connectivity index (χ3v) is 2.00. The fourth-order valence-corrected chi connectivity index (χ4v) is 1.15. The topological polar surface area (TPSA) is 57.5 Å². The van der Waals surface area contributed by atoms with E-state index < -0.39 is 11.6 Å². The molecule has 1 rings (SSSR count). The molecule has 0 fully saturated rings. The van der Waals surface area contributed by atoms with E-state index >= 15 is 0 Å². The molecule has 0 bridgehead atoms. The second-order valence-corrected chi connectivity index (χ2v) is 3.24. The zero-order chi connectivity index (χ0) is 8.48. The van der Waals surface area contributed by atoms with Crippen molar-refractivity contribution in [3.63, 3.8) is 0 Å². The van der Waals surface area contributed by atoms with Crippen molar-refractivity contribution in [3.8, 4) is 0 Å². The summed E-state index contributed by atoms with van der Waals surface area (Å²) in [4.78, 5) is 10.4. The second-order valence-electron chi connectivity index (χ2n) is 3.24. The number of hydrogen-bond acceptors (Lipinski definition) is 2. The predicted molar refractivity (Wildman–Crippen MR) is 40.2 cm³/mol. The Morgan fingerprint density at radius 2 is 2.36 bits per heavy atom. The molecule has 0 saturated carbocycles. The van der Waals surface area contributed by atoms with Crippen molar-refractivity contribution < 1.29 is 15.0 Å². The Bertz CT molecular complexity index is 203. The van der Waals surface area contributed by atoms with Gasteiger partial charge in [0, 0.05) is 5.57 Å². The normalized spacial score (nSPS) is 31.3. The van der Waals surface area contributed by atoms with Crippen LogP contribution in [0.4, 0.5) is 0 Å². The van der Waals surface area contributed by atoms with Gasteiger partial charge in [-0.2, -0.15) is 0 Å².